The van der Waals surface area contributed by atoms with Gasteiger partial charge in [0.05, 0.1) is 14.2 Å². The number of benzene rings is 2. The van der Waals surface area contributed by atoms with Crippen molar-refractivity contribution in [2.75, 3.05) is 14.2 Å². The first kappa shape index (κ1) is 25.8. The van der Waals surface area contributed by atoms with Crippen molar-refractivity contribution >= 4 is 11.8 Å². The molecule has 2 aromatic rings. The molecule has 0 radical (unpaired) electrons. The summed E-state index contributed by atoms with van der Waals surface area (Å²) in [5.74, 6) is 0.505. The highest BCUT2D eigenvalue weighted by Gasteiger charge is 2.17. The SMILES string of the molecule is COc1cc(CN(Cc2ccc(O)c(OC)c2)C(=O)CCCCCCCC(N)=O)ccc1O. The lowest BCUT2D eigenvalue weighted by Gasteiger charge is -2.24. The van der Waals surface area contributed by atoms with Crippen LogP contribution in [-0.2, 0) is 22.7 Å². The van der Waals surface area contributed by atoms with E-state index >= 15 is 0 Å². The van der Waals surface area contributed by atoms with Crippen LogP contribution in [0, 0.1) is 0 Å². The average molecular weight is 459 g/mol. The molecule has 4 N–H and O–H groups in total. The van der Waals surface area contributed by atoms with Crippen LogP contribution < -0.4 is 15.2 Å². The molecule has 180 valence electrons. The molecule has 2 rings (SSSR count). The summed E-state index contributed by atoms with van der Waals surface area (Å²) in [6, 6.07) is 10.0. The molecule has 33 heavy (non-hydrogen) atoms. The number of primary amides is 1. The second-order valence-corrected chi connectivity index (χ2v) is 8.00. The molecule has 0 bridgehead atoms. The number of nitrogens with two attached hydrogens (primary N) is 1. The van der Waals surface area contributed by atoms with Crippen molar-refractivity contribution in [2.45, 2.75) is 58.0 Å². The van der Waals surface area contributed by atoms with Crippen LogP contribution in [0.25, 0.3) is 0 Å². The highest BCUT2D eigenvalue weighted by atomic mass is 16.5. The number of unbranched alkanes of at least 4 members (excludes halogenated alkanes) is 4. The Morgan fingerprint density at radius 3 is 1.70 bits per heavy atom. The van der Waals surface area contributed by atoms with Gasteiger partial charge in [-0.25, -0.2) is 0 Å². The van der Waals surface area contributed by atoms with Crippen LogP contribution in [-0.4, -0.2) is 41.1 Å². The van der Waals surface area contributed by atoms with E-state index in [4.69, 9.17) is 15.2 Å². The van der Waals surface area contributed by atoms with Crippen molar-refractivity contribution < 1.29 is 29.3 Å². The molecule has 8 nitrogen and oxygen atoms in total. The number of carbonyl (C=O) groups is 2. The smallest absolute Gasteiger partial charge is 0.223 e. The minimum Gasteiger partial charge on any atom is -0.504 e. The Labute approximate surface area is 194 Å². The number of rotatable bonds is 14. The minimum absolute atomic E-state index is 0.00576. The molecule has 0 aliphatic heterocycles. The Balaban J connectivity index is 2.04. The van der Waals surface area contributed by atoms with Crippen LogP contribution in [0.5, 0.6) is 23.0 Å². The van der Waals surface area contributed by atoms with Gasteiger partial charge in [0.2, 0.25) is 11.8 Å². The molecular formula is C25H34N2O6. The van der Waals surface area contributed by atoms with Crippen LogP contribution in [0.2, 0.25) is 0 Å². The Morgan fingerprint density at radius 2 is 1.24 bits per heavy atom. The third kappa shape index (κ3) is 8.56. The summed E-state index contributed by atoms with van der Waals surface area (Å²) < 4.78 is 10.4. The summed E-state index contributed by atoms with van der Waals surface area (Å²) in [7, 11) is 2.96. The first-order chi connectivity index (χ1) is 15.8. The molecule has 0 aliphatic carbocycles. The van der Waals surface area contributed by atoms with Crippen molar-refractivity contribution in [1.29, 1.82) is 0 Å². The van der Waals surface area contributed by atoms with E-state index in [9.17, 15) is 19.8 Å². The van der Waals surface area contributed by atoms with Crippen LogP contribution in [0.4, 0.5) is 0 Å². The maximum atomic E-state index is 13.1. The number of hydrogen-bond acceptors (Lipinski definition) is 6. The number of phenols is 2. The van der Waals surface area contributed by atoms with E-state index < -0.39 is 0 Å². The van der Waals surface area contributed by atoms with E-state index in [0.717, 1.165) is 43.2 Å². The molecular weight excluding hydrogens is 424 g/mol. The maximum Gasteiger partial charge on any atom is 0.223 e. The third-order valence-corrected chi connectivity index (χ3v) is 5.40. The second-order valence-electron chi connectivity index (χ2n) is 8.00. The zero-order chi connectivity index (χ0) is 24.2. The van der Waals surface area contributed by atoms with Gasteiger partial charge >= 0.3 is 0 Å². The van der Waals surface area contributed by atoms with E-state index in [2.05, 4.69) is 0 Å². The van der Waals surface area contributed by atoms with Crippen LogP contribution in [0.1, 0.15) is 56.1 Å². The fourth-order valence-corrected chi connectivity index (χ4v) is 3.58. The van der Waals surface area contributed by atoms with E-state index in [0.29, 0.717) is 37.4 Å². The fraction of sp³-hybridized carbons (Fsp3) is 0.440. The molecule has 0 fully saturated rings. The first-order valence-electron chi connectivity index (χ1n) is 11.1. The summed E-state index contributed by atoms with van der Waals surface area (Å²) in [5, 5.41) is 19.7. The minimum atomic E-state index is -0.280. The standard InChI is InChI=1S/C25H34N2O6/c1-32-22-14-18(10-12-20(22)28)16-27(17-19-11-13-21(29)23(15-19)33-2)25(31)9-7-5-3-4-6-8-24(26)30/h10-15,28-29H,3-9,16-17H2,1-2H3,(H2,26,30). The van der Waals surface area contributed by atoms with Gasteiger partial charge in [0.25, 0.3) is 0 Å². The number of carbonyl (C=O) groups excluding carboxylic acids is 2. The fourth-order valence-electron chi connectivity index (χ4n) is 3.58. The number of aromatic hydroxyl groups is 2. The Hall–Kier alpha value is -3.42. The molecule has 0 saturated heterocycles. The van der Waals surface area contributed by atoms with Crippen molar-refractivity contribution in [1.82, 2.24) is 4.90 Å². The lowest BCUT2D eigenvalue weighted by molar-refractivity contribution is -0.132. The molecule has 0 aromatic heterocycles. The Kier molecular flexibility index (Phi) is 10.3. The molecule has 8 heteroatoms. The van der Waals surface area contributed by atoms with Gasteiger partial charge in [-0.05, 0) is 48.2 Å². The van der Waals surface area contributed by atoms with E-state index in [1.54, 1.807) is 41.3 Å². The predicted octanol–water partition coefficient (Wildman–Crippen LogP) is 3.86. The zero-order valence-electron chi connectivity index (χ0n) is 19.4. The average Bonchev–Trinajstić information content (AvgIpc) is 2.79. The monoisotopic (exact) mass is 458 g/mol. The van der Waals surface area contributed by atoms with Gasteiger partial charge < -0.3 is 30.3 Å². The first-order valence-corrected chi connectivity index (χ1v) is 11.1. The van der Waals surface area contributed by atoms with Crippen LogP contribution in [0.15, 0.2) is 36.4 Å². The summed E-state index contributed by atoms with van der Waals surface area (Å²) >= 11 is 0. The van der Waals surface area contributed by atoms with Gasteiger partial charge in [0.1, 0.15) is 0 Å². The van der Waals surface area contributed by atoms with Crippen molar-refractivity contribution in [2.24, 2.45) is 5.73 Å². The number of nitrogens with zero attached hydrogens (tertiary/aromatic N) is 1. The van der Waals surface area contributed by atoms with Crippen LogP contribution >= 0.6 is 0 Å². The van der Waals surface area contributed by atoms with Gasteiger partial charge in [-0.15, -0.1) is 0 Å². The quantitative estimate of drug-likeness (QED) is 0.370. The summed E-state index contributed by atoms with van der Waals surface area (Å²) in [6.07, 6.45) is 5.11. The number of amides is 2. The van der Waals surface area contributed by atoms with Crippen molar-refractivity contribution in [3.05, 3.63) is 47.5 Å². The lowest BCUT2D eigenvalue weighted by Crippen LogP contribution is -2.30. The lowest BCUT2D eigenvalue weighted by atomic mass is 10.1. The second kappa shape index (κ2) is 13.2. The molecule has 0 aliphatic rings. The topological polar surface area (TPSA) is 122 Å². The molecule has 0 saturated carbocycles. The van der Waals surface area contributed by atoms with E-state index in [-0.39, 0.29) is 23.3 Å². The highest BCUT2D eigenvalue weighted by Crippen LogP contribution is 2.29. The Bertz CT molecular complexity index is 876. The van der Waals surface area contributed by atoms with Crippen LogP contribution in [0.3, 0.4) is 0 Å². The van der Waals surface area contributed by atoms with E-state index in [1.807, 2.05) is 0 Å². The van der Waals surface area contributed by atoms with Gasteiger partial charge in [0.15, 0.2) is 23.0 Å². The number of phenolic OH excluding ortho intramolecular Hbond substituents is 2. The van der Waals surface area contributed by atoms with Crippen molar-refractivity contribution in [3.8, 4) is 23.0 Å². The summed E-state index contributed by atoms with van der Waals surface area (Å²) in [4.78, 5) is 25.6. The summed E-state index contributed by atoms with van der Waals surface area (Å²) in [6.45, 7) is 0.689. The highest BCUT2D eigenvalue weighted by molar-refractivity contribution is 5.76. The largest absolute Gasteiger partial charge is 0.504 e. The normalized spacial score (nSPS) is 10.6. The maximum absolute atomic E-state index is 13.1. The summed E-state index contributed by atoms with van der Waals surface area (Å²) in [5.41, 5.74) is 6.81. The third-order valence-electron chi connectivity index (χ3n) is 5.40. The molecule has 0 unspecified atom stereocenters. The molecule has 0 spiro atoms. The van der Waals surface area contributed by atoms with Gasteiger partial charge in [-0.1, -0.05) is 31.4 Å². The number of hydrogen-bond donors (Lipinski definition) is 3. The molecule has 2 amide bonds. The molecule has 2 aromatic carbocycles. The van der Waals surface area contributed by atoms with Gasteiger partial charge in [-0.3, -0.25) is 9.59 Å². The number of ether oxygens (including phenoxy) is 2. The van der Waals surface area contributed by atoms with Gasteiger partial charge in [0, 0.05) is 25.9 Å². The van der Waals surface area contributed by atoms with E-state index in [1.165, 1.54) is 14.2 Å². The van der Waals surface area contributed by atoms with Gasteiger partial charge in [-0.2, -0.15) is 0 Å². The van der Waals surface area contributed by atoms with Crippen molar-refractivity contribution in [3.63, 3.8) is 0 Å². The molecule has 0 heterocycles. The Morgan fingerprint density at radius 1 is 0.788 bits per heavy atom. The predicted molar refractivity (Wildman–Crippen MR) is 125 cm³/mol. The zero-order valence-corrected chi connectivity index (χ0v) is 19.4. The molecule has 0 atom stereocenters. The number of methoxy groups -OCH3 is 2.